The molecule has 0 spiro atoms. The summed E-state index contributed by atoms with van der Waals surface area (Å²) >= 11 is 11.9. The molecule has 138 valence electrons. The van der Waals surface area contributed by atoms with Crippen molar-refractivity contribution in [2.45, 2.75) is 0 Å². The van der Waals surface area contributed by atoms with Crippen molar-refractivity contribution in [2.24, 2.45) is 0 Å². The zero-order valence-electron chi connectivity index (χ0n) is 14.3. The van der Waals surface area contributed by atoms with Gasteiger partial charge in [-0.25, -0.2) is 4.79 Å². The summed E-state index contributed by atoms with van der Waals surface area (Å²) in [6.07, 6.45) is 0. The van der Waals surface area contributed by atoms with Crippen molar-refractivity contribution >= 4 is 34.9 Å². The summed E-state index contributed by atoms with van der Waals surface area (Å²) in [4.78, 5) is 16.3. The molecule has 0 unspecified atom stereocenters. The van der Waals surface area contributed by atoms with Crippen LogP contribution in [0.15, 0.2) is 48.5 Å². The second-order valence-electron chi connectivity index (χ2n) is 5.99. The first-order chi connectivity index (χ1) is 12.6. The van der Waals surface area contributed by atoms with Gasteiger partial charge in [-0.3, -0.25) is 0 Å². The number of halogens is 2. The molecule has 3 rings (SSSR count). The minimum Gasteiger partial charge on any atom is -0.492 e. The molecule has 2 aromatic carbocycles. The molecule has 0 aromatic heterocycles. The van der Waals surface area contributed by atoms with Crippen LogP contribution in [0.5, 0.6) is 5.75 Å². The van der Waals surface area contributed by atoms with Gasteiger partial charge in [0, 0.05) is 41.9 Å². The second-order valence-corrected chi connectivity index (χ2v) is 6.86. The summed E-state index contributed by atoms with van der Waals surface area (Å²) in [5, 5.41) is 4.29. The van der Waals surface area contributed by atoms with Crippen LogP contribution in [-0.4, -0.2) is 50.3 Å². The van der Waals surface area contributed by atoms with Crippen LogP contribution in [0.1, 0.15) is 0 Å². The molecule has 0 atom stereocenters. The van der Waals surface area contributed by atoms with Crippen LogP contribution >= 0.6 is 23.2 Å². The summed E-state index contributed by atoms with van der Waals surface area (Å²) in [6.45, 7) is 3.79. The SMILES string of the molecule is O=C(NCCOc1ccc(Cl)cc1)N1CCN(c2cccc(Cl)c2)CC1. The summed E-state index contributed by atoms with van der Waals surface area (Å²) in [6, 6.07) is 14.9. The third-order valence-corrected chi connectivity index (χ3v) is 4.69. The lowest BCUT2D eigenvalue weighted by Gasteiger charge is -2.36. The first-order valence-corrected chi connectivity index (χ1v) is 9.29. The number of rotatable bonds is 5. The van der Waals surface area contributed by atoms with Crippen molar-refractivity contribution in [3.05, 3.63) is 58.6 Å². The Morgan fingerprint density at radius 3 is 2.42 bits per heavy atom. The number of amides is 2. The number of carbonyl (C=O) groups is 1. The number of piperazine rings is 1. The van der Waals surface area contributed by atoms with E-state index in [1.54, 1.807) is 24.3 Å². The number of benzene rings is 2. The molecule has 1 aliphatic heterocycles. The van der Waals surface area contributed by atoms with E-state index in [2.05, 4.69) is 10.2 Å². The molecule has 7 heteroatoms. The number of ether oxygens (including phenoxy) is 1. The zero-order valence-corrected chi connectivity index (χ0v) is 15.8. The fourth-order valence-electron chi connectivity index (χ4n) is 2.81. The Morgan fingerprint density at radius 2 is 1.73 bits per heavy atom. The van der Waals surface area contributed by atoms with E-state index in [9.17, 15) is 4.79 Å². The average molecular weight is 394 g/mol. The normalized spacial score (nSPS) is 14.2. The van der Waals surface area contributed by atoms with Crippen LogP contribution in [0.4, 0.5) is 10.5 Å². The van der Waals surface area contributed by atoms with Gasteiger partial charge in [0.1, 0.15) is 12.4 Å². The summed E-state index contributed by atoms with van der Waals surface area (Å²) in [5.74, 6) is 0.735. The molecule has 2 aromatic rings. The maximum Gasteiger partial charge on any atom is 0.317 e. The molecule has 1 N–H and O–H groups in total. The van der Waals surface area contributed by atoms with Crippen LogP contribution < -0.4 is 15.0 Å². The van der Waals surface area contributed by atoms with Crippen molar-refractivity contribution < 1.29 is 9.53 Å². The predicted octanol–water partition coefficient (Wildman–Crippen LogP) is 3.90. The first-order valence-electron chi connectivity index (χ1n) is 8.53. The van der Waals surface area contributed by atoms with Crippen LogP contribution in [0, 0.1) is 0 Å². The van der Waals surface area contributed by atoms with Gasteiger partial charge in [0.05, 0.1) is 6.54 Å². The molecule has 2 amide bonds. The minimum atomic E-state index is -0.0598. The van der Waals surface area contributed by atoms with Gasteiger partial charge >= 0.3 is 6.03 Å². The van der Waals surface area contributed by atoms with Gasteiger partial charge < -0.3 is 19.9 Å². The van der Waals surface area contributed by atoms with Crippen LogP contribution in [0.25, 0.3) is 0 Å². The van der Waals surface area contributed by atoms with Crippen molar-refractivity contribution in [1.29, 1.82) is 0 Å². The van der Waals surface area contributed by atoms with E-state index in [1.165, 1.54) is 0 Å². The van der Waals surface area contributed by atoms with Crippen molar-refractivity contribution in [1.82, 2.24) is 10.2 Å². The number of hydrogen-bond donors (Lipinski definition) is 1. The standard InChI is InChI=1S/C19H21Cl2N3O2/c20-15-4-6-18(7-5-15)26-13-8-22-19(25)24-11-9-23(10-12-24)17-3-1-2-16(21)14-17/h1-7,14H,8-13H2,(H,22,25). The van der Waals surface area contributed by atoms with Gasteiger partial charge in [-0.1, -0.05) is 29.3 Å². The molecular formula is C19H21Cl2N3O2. The Kier molecular flexibility index (Phi) is 6.47. The van der Waals surface area contributed by atoms with Gasteiger partial charge in [0.2, 0.25) is 0 Å². The largest absolute Gasteiger partial charge is 0.492 e. The molecule has 0 saturated carbocycles. The van der Waals surface area contributed by atoms with Gasteiger partial charge in [-0.2, -0.15) is 0 Å². The lowest BCUT2D eigenvalue weighted by atomic mass is 10.2. The maximum atomic E-state index is 12.3. The molecule has 1 aliphatic rings. The second kappa shape index (κ2) is 9.01. The summed E-state index contributed by atoms with van der Waals surface area (Å²) in [5.41, 5.74) is 1.09. The van der Waals surface area contributed by atoms with Crippen molar-refractivity contribution in [2.75, 3.05) is 44.2 Å². The molecule has 1 heterocycles. The van der Waals surface area contributed by atoms with E-state index in [4.69, 9.17) is 27.9 Å². The molecule has 0 radical (unpaired) electrons. The lowest BCUT2D eigenvalue weighted by molar-refractivity contribution is 0.191. The topological polar surface area (TPSA) is 44.8 Å². The van der Waals surface area contributed by atoms with Crippen LogP contribution in [0.2, 0.25) is 10.0 Å². The highest BCUT2D eigenvalue weighted by molar-refractivity contribution is 6.31. The van der Waals surface area contributed by atoms with Gasteiger partial charge in [-0.05, 0) is 42.5 Å². The Bertz CT molecular complexity index is 732. The number of urea groups is 1. The molecule has 26 heavy (non-hydrogen) atoms. The Morgan fingerprint density at radius 1 is 1.00 bits per heavy atom. The average Bonchev–Trinajstić information content (AvgIpc) is 2.66. The van der Waals surface area contributed by atoms with Crippen LogP contribution in [0.3, 0.4) is 0 Å². The molecule has 0 aliphatic carbocycles. The highest BCUT2D eigenvalue weighted by Crippen LogP contribution is 2.20. The third-order valence-electron chi connectivity index (χ3n) is 4.20. The van der Waals surface area contributed by atoms with E-state index in [0.717, 1.165) is 29.5 Å². The van der Waals surface area contributed by atoms with Gasteiger partial charge in [0.15, 0.2) is 0 Å². The Labute approximate surface area is 163 Å². The maximum absolute atomic E-state index is 12.3. The number of hydrogen-bond acceptors (Lipinski definition) is 3. The fourth-order valence-corrected chi connectivity index (χ4v) is 3.12. The van der Waals surface area contributed by atoms with E-state index < -0.39 is 0 Å². The minimum absolute atomic E-state index is 0.0598. The highest BCUT2D eigenvalue weighted by Gasteiger charge is 2.21. The number of anilines is 1. The molecule has 1 saturated heterocycles. The van der Waals surface area contributed by atoms with Crippen LogP contribution in [-0.2, 0) is 0 Å². The molecular weight excluding hydrogens is 373 g/mol. The number of carbonyl (C=O) groups excluding carboxylic acids is 1. The predicted molar refractivity (Wildman–Crippen MR) is 106 cm³/mol. The Balaban J connectivity index is 1.37. The van der Waals surface area contributed by atoms with E-state index in [1.807, 2.05) is 29.2 Å². The molecule has 1 fully saturated rings. The molecule has 0 bridgehead atoms. The summed E-state index contributed by atoms with van der Waals surface area (Å²) in [7, 11) is 0. The number of nitrogens with one attached hydrogen (secondary N) is 1. The Hall–Kier alpha value is -2.11. The monoisotopic (exact) mass is 393 g/mol. The zero-order chi connectivity index (χ0) is 18.4. The van der Waals surface area contributed by atoms with Crippen molar-refractivity contribution in [3.8, 4) is 5.75 Å². The third kappa shape index (κ3) is 5.19. The number of nitrogens with zero attached hydrogens (tertiary/aromatic N) is 2. The van der Waals surface area contributed by atoms with Gasteiger partial charge in [0.25, 0.3) is 0 Å². The van der Waals surface area contributed by atoms with E-state index in [-0.39, 0.29) is 6.03 Å². The van der Waals surface area contributed by atoms with E-state index in [0.29, 0.717) is 31.3 Å². The van der Waals surface area contributed by atoms with Crippen molar-refractivity contribution in [3.63, 3.8) is 0 Å². The first kappa shape index (κ1) is 18.7. The fraction of sp³-hybridized carbons (Fsp3) is 0.316. The lowest BCUT2D eigenvalue weighted by Crippen LogP contribution is -2.52. The quantitative estimate of drug-likeness (QED) is 0.783. The molecule has 5 nitrogen and oxygen atoms in total. The summed E-state index contributed by atoms with van der Waals surface area (Å²) < 4.78 is 5.57. The highest BCUT2D eigenvalue weighted by atomic mass is 35.5. The van der Waals surface area contributed by atoms with Gasteiger partial charge in [-0.15, -0.1) is 0 Å². The smallest absolute Gasteiger partial charge is 0.317 e. The van der Waals surface area contributed by atoms with E-state index >= 15 is 0 Å².